The van der Waals surface area contributed by atoms with E-state index in [0.29, 0.717) is 16.8 Å². The summed E-state index contributed by atoms with van der Waals surface area (Å²) >= 11 is 0. The molecular formula is C21H28ClN3O3. The van der Waals surface area contributed by atoms with Gasteiger partial charge in [0.2, 0.25) is 0 Å². The summed E-state index contributed by atoms with van der Waals surface area (Å²) < 4.78 is 5.58. The Balaban J connectivity index is 0.00000280. The van der Waals surface area contributed by atoms with E-state index in [1.54, 1.807) is 18.2 Å². The van der Waals surface area contributed by atoms with Gasteiger partial charge in [-0.05, 0) is 69.8 Å². The predicted molar refractivity (Wildman–Crippen MR) is 113 cm³/mol. The second-order valence-electron chi connectivity index (χ2n) is 7.92. The summed E-state index contributed by atoms with van der Waals surface area (Å²) in [7, 11) is 0. The van der Waals surface area contributed by atoms with E-state index < -0.39 is 11.6 Å². The van der Waals surface area contributed by atoms with Crippen LogP contribution in [0.3, 0.4) is 0 Å². The molecule has 28 heavy (non-hydrogen) atoms. The van der Waals surface area contributed by atoms with Gasteiger partial charge in [-0.3, -0.25) is 0 Å². The number of nitrogens with zero attached hydrogens (tertiary/aromatic N) is 1. The molecule has 1 aromatic heterocycles. The smallest absolute Gasteiger partial charge is 0.342 e. The van der Waals surface area contributed by atoms with Crippen LogP contribution in [-0.4, -0.2) is 34.8 Å². The van der Waals surface area contributed by atoms with Crippen LogP contribution in [0.5, 0.6) is 5.75 Å². The fourth-order valence-electron chi connectivity index (χ4n) is 3.40. The van der Waals surface area contributed by atoms with Crippen LogP contribution in [0.25, 0.3) is 11.3 Å². The average molecular weight is 406 g/mol. The van der Waals surface area contributed by atoms with Gasteiger partial charge in [0.1, 0.15) is 22.7 Å². The number of benzene rings is 1. The quantitative estimate of drug-likeness (QED) is 0.670. The van der Waals surface area contributed by atoms with Crippen LogP contribution in [0, 0.1) is 0 Å². The molecule has 1 aliphatic rings. The van der Waals surface area contributed by atoms with Crippen molar-refractivity contribution in [1.29, 1.82) is 0 Å². The van der Waals surface area contributed by atoms with Crippen LogP contribution >= 0.6 is 12.4 Å². The van der Waals surface area contributed by atoms with Gasteiger partial charge in [-0.1, -0.05) is 12.1 Å². The Morgan fingerprint density at radius 2 is 2.04 bits per heavy atom. The first-order valence-electron chi connectivity index (χ1n) is 9.29. The number of aromatic nitrogens is 1. The van der Waals surface area contributed by atoms with E-state index in [1.165, 1.54) is 0 Å². The van der Waals surface area contributed by atoms with Crippen LogP contribution < -0.4 is 11.1 Å². The molecule has 0 radical (unpaired) electrons. The van der Waals surface area contributed by atoms with Crippen molar-refractivity contribution in [2.75, 3.05) is 18.8 Å². The zero-order valence-corrected chi connectivity index (χ0v) is 17.3. The number of phenols is 1. The number of phenolic OH excluding ortho intramolecular Hbond substituents is 1. The lowest BCUT2D eigenvalue weighted by Gasteiger charge is -2.27. The average Bonchev–Trinajstić information content (AvgIpc) is 2.60. The third kappa shape index (κ3) is 4.94. The number of piperidine rings is 1. The number of hydrogen-bond acceptors (Lipinski definition) is 6. The summed E-state index contributed by atoms with van der Waals surface area (Å²) in [5.74, 6) is -0.0687. The lowest BCUT2D eigenvalue weighted by molar-refractivity contribution is 0.00686. The number of ether oxygens (including phenoxy) is 1. The summed E-state index contributed by atoms with van der Waals surface area (Å²) in [5.41, 5.74) is 7.89. The first kappa shape index (κ1) is 22.0. The van der Waals surface area contributed by atoms with Crippen molar-refractivity contribution in [3.63, 3.8) is 0 Å². The lowest BCUT2D eigenvalue weighted by atomic mass is 9.87. The SMILES string of the molecule is CC(C)(C)OC(=O)c1c(C2CCCNC2)cc(-c2ccccc2O)nc1N.Cl. The summed E-state index contributed by atoms with van der Waals surface area (Å²) in [6.45, 7) is 7.21. The number of nitrogens with two attached hydrogens (primary N) is 1. The van der Waals surface area contributed by atoms with Gasteiger partial charge >= 0.3 is 5.97 Å². The van der Waals surface area contributed by atoms with Crippen molar-refractivity contribution >= 4 is 24.2 Å². The molecule has 1 saturated heterocycles. The van der Waals surface area contributed by atoms with Crippen molar-refractivity contribution in [3.05, 3.63) is 41.5 Å². The molecular weight excluding hydrogens is 378 g/mol. The Morgan fingerprint density at radius 1 is 1.32 bits per heavy atom. The van der Waals surface area contributed by atoms with Gasteiger partial charge in [0.15, 0.2) is 0 Å². The number of carbonyl (C=O) groups is 1. The molecule has 1 aliphatic heterocycles. The van der Waals surface area contributed by atoms with E-state index in [0.717, 1.165) is 31.5 Å². The number of nitrogen functional groups attached to an aromatic ring is 1. The molecule has 0 bridgehead atoms. The molecule has 0 saturated carbocycles. The fraction of sp³-hybridized carbons (Fsp3) is 0.429. The zero-order valence-electron chi connectivity index (χ0n) is 16.5. The Morgan fingerprint density at radius 3 is 2.64 bits per heavy atom. The Hall–Kier alpha value is -2.31. The number of esters is 1. The molecule has 1 atom stereocenters. The highest BCUT2D eigenvalue weighted by Crippen LogP contribution is 2.35. The number of aromatic hydroxyl groups is 1. The van der Waals surface area contributed by atoms with E-state index in [9.17, 15) is 9.90 Å². The molecule has 0 aliphatic carbocycles. The number of carbonyl (C=O) groups excluding carboxylic acids is 1. The van der Waals surface area contributed by atoms with Crippen LogP contribution in [0.1, 0.15) is 55.5 Å². The van der Waals surface area contributed by atoms with Crippen molar-refractivity contribution in [2.24, 2.45) is 0 Å². The normalized spacial score (nSPS) is 16.9. The number of hydrogen-bond donors (Lipinski definition) is 3. The molecule has 2 heterocycles. The second kappa shape index (κ2) is 8.80. The summed E-state index contributed by atoms with van der Waals surface area (Å²) in [4.78, 5) is 17.3. The first-order valence-corrected chi connectivity index (χ1v) is 9.29. The minimum atomic E-state index is -0.623. The Bertz CT molecular complexity index is 843. The second-order valence-corrected chi connectivity index (χ2v) is 7.92. The van der Waals surface area contributed by atoms with Crippen molar-refractivity contribution in [3.8, 4) is 17.0 Å². The van der Waals surface area contributed by atoms with Gasteiger partial charge in [-0.2, -0.15) is 0 Å². The number of nitrogens with one attached hydrogen (secondary N) is 1. The van der Waals surface area contributed by atoms with Crippen LogP contribution in [0.4, 0.5) is 5.82 Å². The maximum atomic E-state index is 12.8. The largest absolute Gasteiger partial charge is 0.507 e. The molecule has 0 amide bonds. The molecule has 2 aromatic rings. The van der Waals surface area contributed by atoms with Gasteiger partial charge in [-0.15, -0.1) is 12.4 Å². The van der Waals surface area contributed by atoms with Gasteiger partial charge in [0.25, 0.3) is 0 Å². The summed E-state index contributed by atoms with van der Waals surface area (Å²) in [6, 6.07) is 8.84. The molecule has 7 heteroatoms. The number of rotatable bonds is 3. The molecule has 152 valence electrons. The topological polar surface area (TPSA) is 97.5 Å². The summed E-state index contributed by atoms with van der Waals surface area (Å²) in [6.07, 6.45) is 1.97. The Kier molecular flexibility index (Phi) is 6.91. The van der Waals surface area contributed by atoms with Crippen molar-refractivity contribution in [1.82, 2.24) is 10.3 Å². The third-order valence-electron chi connectivity index (χ3n) is 4.60. The highest BCUT2D eigenvalue weighted by molar-refractivity contribution is 5.97. The van der Waals surface area contributed by atoms with E-state index in [4.69, 9.17) is 10.5 Å². The third-order valence-corrected chi connectivity index (χ3v) is 4.60. The van der Waals surface area contributed by atoms with Crippen molar-refractivity contribution in [2.45, 2.75) is 45.1 Å². The maximum Gasteiger partial charge on any atom is 0.342 e. The van der Waals surface area contributed by atoms with E-state index in [2.05, 4.69) is 10.3 Å². The van der Waals surface area contributed by atoms with Gasteiger partial charge in [0, 0.05) is 12.1 Å². The number of para-hydroxylation sites is 1. The minimum absolute atomic E-state index is 0. The zero-order chi connectivity index (χ0) is 19.6. The van der Waals surface area contributed by atoms with Gasteiger partial charge in [-0.25, -0.2) is 9.78 Å². The molecule has 1 aromatic carbocycles. The highest BCUT2D eigenvalue weighted by Gasteiger charge is 2.29. The predicted octanol–water partition coefficient (Wildman–Crippen LogP) is 3.88. The van der Waals surface area contributed by atoms with E-state index >= 15 is 0 Å². The van der Waals surface area contributed by atoms with E-state index in [-0.39, 0.29) is 29.9 Å². The van der Waals surface area contributed by atoms with Crippen LogP contribution in [-0.2, 0) is 4.74 Å². The molecule has 4 N–H and O–H groups in total. The van der Waals surface area contributed by atoms with E-state index in [1.807, 2.05) is 32.9 Å². The molecule has 1 unspecified atom stereocenters. The number of pyridine rings is 1. The van der Waals surface area contributed by atoms with Crippen LogP contribution in [0.15, 0.2) is 30.3 Å². The van der Waals surface area contributed by atoms with Crippen molar-refractivity contribution < 1.29 is 14.6 Å². The number of anilines is 1. The lowest BCUT2D eigenvalue weighted by Crippen LogP contribution is -2.31. The van der Waals surface area contributed by atoms with Gasteiger partial charge in [0.05, 0.1) is 5.69 Å². The molecule has 1 fully saturated rings. The standard InChI is InChI=1S/C21H27N3O3.ClH/c1-21(2,3)27-20(26)18-15(13-7-6-10-23-12-13)11-16(24-19(18)22)14-8-4-5-9-17(14)25;/h4-5,8-9,11,13,23,25H,6-7,10,12H2,1-3H3,(H2,22,24);1H. The number of halogens is 1. The maximum absolute atomic E-state index is 12.8. The minimum Gasteiger partial charge on any atom is -0.507 e. The highest BCUT2D eigenvalue weighted by atomic mass is 35.5. The molecule has 0 spiro atoms. The fourth-order valence-corrected chi connectivity index (χ4v) is 3.40. The Labute approximate surface area is 171 Å². The summed E-state index contributed by atoms with van der Waals surface area (Å²) in [5, 5.41) is 13.6. The molecule has 6 nitrogen and oxygen atoms in total. The molecule has 3 rings (SSSR count). The first-order chi connectivity index (χ1) is 12.8. The van der Waals surface area contributed by atoms with Gasteiger partial charge < -0.3 is 20.9 Å². The van der Waals surface area contributed by atoms with Crippen LogP contribution in [0.2, 0.25) is 0 Å². The monoisotopic (exact) mass is 405 g/mol.